The van der Waals surface area contributed by atoms with Crippen molar-refractivity contribution in [3.63, 3.8) is 0 Å². The number of nitrogens with zero attached hydrogens (tertiary/aromatic N) is 2. The maximum Gasteiger partial charge on any atom is 0.357 e. The maximum absolute atomic E-state index is 13.2. The molecule has 0 atom stereocenters. The van der Waals surface area contributed by atoms with Crippen LogP contribution in [0, 0.1) is 0 Å². The van der Waals surface area contributed by atoms with Crippen LogP contribution in [-0.4, -0.2) is 62.8 Å². The number of amides is 1. The van der Waals surface area contributed by atoms with Gasteiger partial charge in [0.15, 0.2) is 5.69 Å². The normalized spacial score (nSPS) is 10.5. The van der Waals surface area contributed by atoms with Crippen molar-refractivity contribution in [3.8, 4) is 11.5 Å². The smallest absolute Gasteiger partial charge is 0.357 e. The van der Waals surface area contributed by atoms with Gasteiger partial charge < -0.3 is 23.8 Å². The highest BCUT2D eigenvalue weighted by atomic mass is 32.1. The zero-order valence-corrected chi connectivity index (χ0v) is 17.9. The minimum absolute atomic E-state index is 0.189. The molecule has 0 radical (unpaired) electrons. The van der Waals surface area contributed by atoms with Gasteiger partial charge in [-0.05, 0) is 25.5 Å². The standard InChI is InChI=1S/C20H26N2O6S/c1-5-28-20(24)17-13-29-18(21-17)12-22(7-6-8-25-2)19(23)14-9-15(26-3)11-16(10-14)27-4/h9-11,13H,5-8,12H2,1-4H3. The van der Waals surface area contributed by atoms with Crippen LogP contribution >= 0.6 is 11.3 Å². The molecule has 8 nitrogen and oxygen atoms in total. The van der Waals surface area contributed by atoms with E-state index in [4.69, 9.17) is 18.9 Å². The minimum Gasteiger partial charge on any atom is -0.497 e. The SMILES string of the molecule is CCOC(=O)c1csc(CN(CCCOC)C(=O)c2cc(OC)cc(OC)c2)n1. The van der Waals surface area contributed by atoms with Crippen LogP contribution in [0.1, 0.15) is 39.2 Å². The van der Waals surface area contributed by atoms with Gasteiger partial charge in [-0.15, -0.1) is 11.3 Å². The van der Waals surface area contributed by atoms with E-state index in [0.717, 1.165) is 0 Å². The molecule has 1 heterocycles. The minimum atomic E-state index is -0.468. The van der Waals surface area contributed by atoms with Crippen LogP contribution in [0.5, 0.6) is 11.5 Å². The zero-order valence-electron chi connectivity index (χ0n) is 17.1. The fourth-order valence-corrected chi connectivity index (χ4v) is 3.39. The van der Waals surface area contributed by atoms with E-state index in [2.05, 4.69) is 4.98 Å². The molecular weight excluding hydrogens is 396 g/mol. The molecule has 29 heavy (non-hydrogen) atoms. The number of esters is 1. The molecule has 1 aromatic heterocycles. The summed E-state index contributed by atoms with van der Waals surface area (Å²) in [5.41, 5.74) is 0.694. The molecule has 9 heteroatoms. The molecule has 0 aliphatic carbocycles. The van der Waals surface area contributed by atoms with E-state index in [-0.39, 0.29) is 24.8 Å². The average molecular weight is 423 g/mol. The molecule has 1 amide bonds. The van der Waals surface area contributed by atoms with Crippen LogP contribution in [0.4, 0.5) is 0 Å². The highest BCUT2D eigenvalue weighted by molar-refractivity contribution is 7.09. The van der Waals surface area contributed by atoms with Gasteiger partial charge in [0.05, 0.1) is 27.4 Å². The summed E-state index contributed by atoms with van der Waals surface area (Å²) in [4.78, 5) is 31.0. The molecule has 0 aliphatic rings. The molecule has 0 saturated carbocycles. The molecular formula is C20H26N2O6S. The molecule has 0 spiro atoms. The van der Waals surface area contributed by atoms with Gasteiger partial charge >= 0.3 is 5.97 Å². The Bertz CT molecular complexity index is 801. The predicted octanol–water partition coefficient (Wildman–Crippen LogP) is 3.02. The molecule has 0 N–H and O–H groups in total. The molecule has 2 aromatic rings. The summed E-state index contributed by atoms with van der Waals surface area (Å²) in [6.45, 7) is 3.29. The first-order valence-corrected chi connectivity index (χ1v) is 10.0. The summed E-state index contributed by atoms with van der Waals surface area (Å²) in [6.07, 6.45) is 0.666. The lowest BCUT2D eigenvalue weighted by atomic mass is 10.1. The lowest BCUT2D eigenvalue weighted by Crippen LogP contribution is -2.32. The number of carbonyl (C=O) groups is 2. The summed E-state index contributed by atoms with van der Waals surface area (Å²) in [7, 11) is 4.68. The number of benzene rings is 1. The third-order valence-electron chi connectivity index (χ3n) is 4.02. The van der Waals surface area contributed by atoms with Gasteiger partial charge in [-0.25, -0.2) is 9.78 Å². The third kappa shape index (κ3) is 6.43. The van der Waals surface area contributed by atoms with Crippen molar-refractivity contribution in [2.45, 2.75) is 19.9 Å². The second-order valence-corrected chi connectivity index (χ2v) is 6.96. The van der Waals surface area contributed by atoms with Gasteiger partial charge in [0.25, 0.3) is 5.91 Å². The van der Waals surface area contributed by atoms with Gasteiger partial charge in [-0.1, -0.05) is 0 Å². The van der Waals surface area contributed by atoms with E-state index in [1.165, 1.54) is 25.6 Å². The van der Waals surface area contributed by atoms with Gasteiger partial charge in [0, 0.05) is 37.3 Å². The van der Waals surface area contributed by atoms with Crippen LogP contribution in [0.25, 0.3) is 0 Å². The fraction of sp³-hybridized carbons (Fsp3) is 0.450. The number of thiazole rings is 1. The van der Waals surface area contributed by atoms with Crippen LogP contribution in [0.15, 0.2) is 23.6 Å². The van der Waals surface area contributed by atoms with Crippen LogP contribution in [-0.2, 0) is 16.0 Å². The van der Waals surface area contributed by atoms with Crippen molar-refractivity contribution in [1.82, 2.24) is 9.88 Å². The highest BCUT2D eigenvalue weighted by Crippen LogP contribution is 2.24. The molecule has 0 unspecified atom stereocenters. The molecule has 158 valence electrons. The number of hydrogen-bond acceptors (Lipinski definition) is 8. The summed E-state index contributed by atoms with van der Waals surface area (Å²) >= 11 is 1.31. The number of methoxy groups -OCH3 is 3. The van der Waals surface area contributed by atoms with Gasteiger partial charge in [-0.3, -0.25) is 4.79 Å². The van der Waals surface area contributed by atoms with E-state index in [1.54, 1.807) is 42.5 Å². The maximum atomic E-state index is 13.2. The van der Waals surface area contributed by atoms with Crippen molar-refractivity contribution in [2.24, 2.45) is 0 Å². The van der Waals surface area contributed by atoms with Crippen molar-refractivity contribution >= 4 is 23.2 Å². The molecule has 0 fully saturated rings. The lowest BCUT2D eigenvalue weighted by molar-refractivity contribution is 0.0520. The van der Waals surface area contributed by atoms with E-state index in [0.29, 0.717) is 41.6 Å². The Morgan fingerprint density at radius 2 is 1.79 bits per heavy atom. The van der Waals surface area contributed by atoms with Crippen LogP contribution in [0.3, 0.4) is 0 Å². The first-order chi connectivity index (χ1) is 14.0. The Kier molecular flexibility index (Phi) is 8.88. The highest BCUT2D eigenvalue weighted by Gasteiger charge is 2.20. The molecule has 2 rings (SSSR count). The topological polar surface area (TPSA) is 87.2 Å². The second-order valence-electron chi connectivity index (χ2n) is 6.02. The Hall–Kier alpha value is -2.65. The average Bonchev–Trinajstić information content (AvgIpc) is 3.21. The monoisotopic (exact) mass is 422 g/mol. The van der Waals surface area contributed by atoms with Crippen molar-refractivity contribution in [3.05, 3.63) is 39.8 Å². The number of rotatable bonds is 11. The molecule has 0 bridgehead atoms. The van der Waals surface area contributed by atoms with Crippen LogP contribution < -0.4 is 9.47 Å². The Labute approximate surface area is 174 Å². The fourth-order valence-electron chi connectivity index (χ4n) is 2.61. The summed E-state index contributed by atoms with van der Waals surface area (Å²) in [5, 5.41) is 2.29. The Morgan fingerprint density at radius 1 is 1.10 bits per heavy atom. The number of ether oxygens (including phenoxy) is 4. The van der Waals surface area contributed by atoms with Crippen LogP contribution in [0.2, 0.25) is 0 Å². The van der Waals surface area contributed by atoms with Crippen molar-refractivity contribution in [1.29, 1.82) is 0 Å². The zero-order chi connectivity index (χ0) is 21.2. The second kappa shape index (κ2) is 11.4. The number of hydrogen-bond donors (Lipinski definition) is 0. The lowest BCUT2D eigenvalue weighted by Gasteiger charge is -2.22. The third-order valence-corrected chi connectivity index (χ3v) is 4.86. The van der Waals surface area contributed by atoms with Gasteiger partial charge in [0.2, 0.25) is 0 Å². The summed E-state index contributed by atoms with van der Waals surface area (Å²) in [6, 6.07) is 5.04. The van der Waals surface area contributed by atoms with Crippen molar-refractivity contribution < 1.29 is 28.5 Å². The summed E-state index contributed by atoms with van der Waals surface area (Å²) < 4.78 is 20.6. The quantitative estimate of drug-likeness (QED) is 0.406. The largest absolute Gasteiger partial charge is 0.497 e. The molecule has 0 saturated heterocycles. The van der Waals surface area contributed by atoms with E-state index >= 15 is 0 Å². The number of aromatic nitrogens is 1. The first kappa shape index (κ1) is 22.6. The molecule has 1 aromatic carbocycles. The number of carbonyl (C=O) groups excluding carboxylic acids is 2. The van der Waals surface area contributed by atoms with E-state index in [1.807, 2.05) is 0 Å². The van der Waals surface area contributed by atoms with Crippen molar-refractivity contribution in [2.75, 3.05) is 41.1 Å². The predicted molar refractivity (Wildman–Crippen MR) is 109 cm³/mol. The van der Waals surface area contributed by atoms with E-state index in [9.17, 15) is 9.59 Å². The Morgan fingerprint density at radius 3 is 2.38 bits per heavy atom. The first-order valence-electron chi connectivity index (χ1n) is 9.15. The van der Waals surface area contributed by atoms with E-state index < -0.39 is 5.97 Å². The van der Waals surface area contributed by atoms with Gasteiger partial charge in [0.1, 0.15) is 16.5 Å². The van der Waals surface area contributed by atoms with Gasteiger partial charge in [-0.2, -0.15) is 0 Å². The summed E-state index contributed by atoms with van der Waals surface area (Å²) in [5.74, 6) is 0.405. The Balaban J connectivity index is 2.23. The molecule has 0 aliphatic heterocycles.